The molecule has 0 N–H and O–H groups in total. The third-order valence-electron chi connectivity index (χ3n) is 3.10. The van der Waals surface area contributed by atoms with E-state index >= 15 is 0 Å². The van der Waals surface area contributed by atoms with Crippen LogP contribution in [0.15, 0.2) is 0 Å². The van der Waals surface area contributed by atoms with Crippen molar-refractivity contribution < 1.29 is 0 Å². The monoisotopic (exact) mass is 230 g/mol. The number of unbranched alkanes of at least 4 members (excludes halogenated alkanes) is 6. The molecule has 86 valence electrons. The first-order valence-corrected chi connectivity index (χ1v) is 13.1. The Morgan fingerprint density at radius 3 is 1.50 bits per heavy atom. The Balaban J connectivity index is 3.07. The molecule has 0 aromatic carbocycles. The minimum Gasteiger partial charge on any atom is -0.0654 e. The first kappa shape index (κ1) is 14.4. The highest BCUT2D eigenvalue weighted by atomic mass is 29.1. The zero-order valence-corrected chi connectivity index (χ0v) is 13.8. The standard InChI is InChI=1S/C12H30Si2/c1-3-5-7-9-11-14(13)12-10-8-6-4-2/h14H,3-12H2,1-2,13H3. The van der Waals surface area contributed by atoms with Crippen molar-refractivity contribution in [3.63, 3.8) is 0 Å². The summed E-state index contributed by atoms with van der Waals surface area (Å²) in [6.45, 7) is 4.61. The highest BCUT2D eigenvalue weighted by molar-refractivity contribution is 7.03. The van der Waals surface area contributed by atoms with Crippen molar-refractivity contribution in [1.82, 2.24) is 0 Å². The fraction of sp³-hybridized carbons (Fsp3) is 1.00. The van der Waals surface area contributed by atoms with Crippen molar-refractivity contribution in [3.8, 4) is 0 Å². The molecule has 0 aliphatic rings. The quantitative estimate of drug-likeness (QED) is 0.399. The van der Waals surface area contributed by atoms with E-state index in [1.165, 1.54) is 38.5 Å². The molecule has 0 aliphatic heterocycles. The Morgan fingerprint density at radius 2 is 1.14 bits per heavy atom. The molecule has 0 unspecified atom stereocenters. The van der Waals surface area contributed by atoms with Crippen molar-refractivity contribution >= 4 is 18.1 Å². The second-order valence-electron chi connectivity index (χ2n) is 4.80. The lowest BCUT2D eigenvalue weighted by Crippen LogP contribution is -2.11. The normalized spacial score (nSPS) is 11.4. The molecule has 0 nitrogen and oxygen atoms in total. The molecule has 0 heterocycles. The molecule has 0 aromatic heterocycles. The topological polar surface area (TPSA) is 0 Å². The molecule has 0 aliphatic carbocycles. The predicted molar refractivity (Wildman–Crippen MR) is 75.0 cm³/mol. The van der Waals surface area contributed by atoms with Crippen molar-refractivity contribution in [2.75, 3.05) is 0 Å². The Hall–Kier alpha value is 0.434. The molecule has 0 aromatic rings. The Labute approximate surface area is 95.7 Å². The van der Waals surface area contributed by atoms with Crippen LogP contribution in [-0.4, -0.2) is 18.1 Å². The zero-order chi connectivity index (χ0) is 10.6. The van der Waals surface area contributed by atoms with Gasteiger partial charge in [0.15, 0.2) is 0 Å². The van der Waals surface area contributed by atoms with Crippen molar-refractivity contribution in [1.29, 1.82) is 0 Å². The van der Waals surface area contributed by atoms with E-state index < -0.39 is 0 Å². The lowest BCUT2D eigenvalue weighted by Gasteiger charge is -2.08. The maximum atomic E-state index is 2.31. The van der Waals surface area contributed by atoms with Gasteiger partial charge in [0.25, 0.3) is 0 Å². The summed E-state index contributed by atoms with van der Waals surface area (Å²) in [6, 6.07) is 3.33. The molecule has 2 heteroatoms. The van der Waals surface area contributed by atoms with Gasteiger partial charge in [-0.1, -0.05) is 77.3 Å². The minimum atomic E-state index is -0.149. The van der Waals surface area contributed by atoms with Crippen LogP contribution in [0.2, 0.25) is 12.1 Å². The molecule has 0 fully saturated rings. The van der Waals surface area contributed by atoms with E-state index in [9.17, 15) is 0 Å². The van der Waals surface area contributed by atoms with Crippen LogP contribution < -0.4 is 0 Å². The average molecular weight is 231 g/mol. The van der Waals surface area contributed by atoms with E-state index in [2.05, 4.69) is 13.8 Å². The van der Waals surface area contributed by atoms with Gasteiger partial charge in [0.2, 0.25) is 0 Å². The van der Waals surface area contributed by atoms with Crippen LogP contribution in [0.25, 0.3) is 0 Å². The average Bonchev–Trinajstić information content (AvgIpc) is 2.19. The van der Waals surface area contributed by atoms with E-state index in [0.717, 1.165) is 0 Å². The third kappa shape index (κ3) is 10.5. The summed E-state index contributed by atoms with van der Waals surface area (Å²) in [6.07, 6.45) is 11.9. The summed E-state index contributed by atoms with van der Waals surface area (Å²) in [4.78, 5) is 0. The van der Waals surface area contributed by atoms with Gasteiger partial charge in [-0.15, -0.1) is 0 Å². The first-order chi connectivity index (χ1) is 6.81. The van der Waals surface area contributed by atoms with Gasteiger partial charge in [-0.05, 0) is 9.76 Å². The van der Waals surface area contributed by atoms with Crippen LogP contribution in [0, 0.1) is 0 Å². The second kappa shape index (κ2) is 11.5. The van der Waals surface area contributed by atoms with Crippen LogP contribution in [0.3, 0.4) is 0 Å². The van der Waals surface area contributed by atoms with E-state index in [-0.39, 0.29) is 8.31 Å². The molecular weight excluding hydrogens is 200 g/mol. The summed E-state index contributed by atoms with van der Waals surface area (Å²) < 4.78 is 0. The molecule has 0 bridgehead atoms. The maximum Gasteiger partial charge on any atom is 0.0202 e. The summed E-state index contributed by atoms with van der Waals surface area (Å²) in [7, 11) is 1.42. The van der Waals surface area contributed by atoms with E-state index in [0.29, 0.717) is 0 Å². The van der Waals surface area contributed by atoms with Crippen LogP contribution in [-0.2, 0) is 0 Å². The van der Waals surface area contributed by atoms with E-state index in [1.54, 1.807) is 34.7 Å². The summed E-state index contributed by atoms with van der Waals surface area (Å²) in [5, 5.41) is 0. The molecule has 0 rings (SSSR count). The molecular formula is C12H30Si2. The lowest BCUT2D eigenvalue weighted by atomic mass is 10.2. The molecule has 0 amide bonds. The Bertz CT molecular complexity index is 92.5. The van der Waals surface area contributed by atoms with Crippen LogP contribution >= 0.6 is 0 Å². The van der Waals surface area contributed by atoms with Crippen molar-refractivity contribution in [2.24, 2.45) is 0 Å². The van der Waals surface area contributed by atoms with Gasteiger partial charge in [-0.3, -0.25) is 0 Å². The van der Waals surface area contributed by atoms with Gasteiger partial charge in [-0.25, -0.2) is 0 Å². The smallest absolute Gasteiger partial charge is 0.0202 e. The van der Waals surface area contributed by atoms with Gasteiger partial charge in [0.1, 0.15) is 0 Å². The molecule has 14 heavy (non-hydrogen) atoms. The van der Waals surface area contributed by atoms with Gasteiger partial charge in [-0.2, -0.15) is 0 Å². The SMILES string of the molecule is CCCCCC[SiH]([SiH3])CCCCCC. The molecule has 0 atom stereocenters. The van der Waals surface area contributed by atoms with Crippen molar-refractivity contribution in [2.45, 2.75) is 77.3 Å². The molecule has 0 saturated carbocycles. The van der Waals surface area contributed by atoms with Crippen molar-refractivity contribution in [3.05, 3.63) is 0 Å². The van der Waals surface area contributed by atoms with Crippen LogP contribution in [0.5, 0.6) is 0 Å². The number of rotatable bonds is 10. The van der Waals surface area contributed by atoms with E-state index in [1.807, 2.05) is 0 Å². The van der Waals surface area contributed by atoms with Crippen LogP contribution in [0.4, 0.5) is 0 Å². The van der Waals surface area contributed by atoms with Crippen LogP contribution in [0.1, 0.15) is 65.2 Å². The highest BCUT2D eigenvalue weighted by Gasteiger charge is 2.02. The first-order valence-electron chi connectivity index (χ1n) is 6.81. The lowest BCUT2D eigenvalue weighted by molar-refractivity contribution is 0.688. The largest absolute Gasteiger partial charge is 0.0654 e. The zero-order valence-electron chi connectivity index (χ0n) is 10.6. The third-order valence-corrected chi connectivity index (χ3v) is 9.35. The van der Waals surface area contributed by atoms with Gasteiger partial charge >= 0.3 is 0 Å². The fourth-order valence-corrected chi connectivity index (χ4v) is 6.69. The fourth-order valence-electron chi connectivity index (χ4n) is 1.98. The summed E-state index contributed by atoms with van der Waals surface area (Å²) >= 11 is 0. The van der Waals surface area contributed by atoms with E-state index in [4.69, 9.17) is 0 Å². The van der Waals surface area contributed by atoms with Gasteiger partial charge < -0.3 is 0 Å². The number of hydrogen-bond acceptors (Lipinski definition) is 0. The highest BCUT2D eigenvalue weighted by Crippen LogP contribution is 2.11. The Kier molecular flexibility index (Phi) is 11.9. The van der Waals surface area contributed by atoms with Gasteiger partial charge in [0, 0.05) is 8.31 Å². The second-order valence-corrected chi connectivity index (χ2v) is 13.1. The number of hydrogen-bond donors (Lipinski definition) is 0. The molecule has 0 saturated heterocycles. The maximum absolute atomic E-state index is 2.31. The minimum absolute atomic E-state index is 0.149. The molecule has 0 spiro atoms. The predicted octanol–water partition coefficient (Wildman–Crippen LogP) is 3.24. The summed E-state index contributed by atoms with van der Waals surface area (Å²) in [5.74, 6) is 0. The molecule has 0 radical (unpaired) electrons. The Morgan fingerprint density at radius 1 is 0.714 bits per heavy atom. The summed E-state index contributed by atoms with van der Waals surface area (Å²) in [5.41, 5.74) is 0. The van der Waals surface area contributed by atoms with Gasteiger partial charge in [0.05, 0.1) is 0 Å².